The van der Waals surface area contributed by atoms with Crippen molar-refractivity contribution >= 4 is 0 Å². The van der Waals surface area contributed by atoms with E-state index in [1.54, 1.807) is 0 Å². The fraction of sp³-hybridized carbons (Fsp3) is 0.625. The number of hydrogen-bond donors (Lipinski definition) is 1. The minimum atomic E-state index is 0.325. The number of rotatable bonds is 8. The van der Waals surface area contributed by atoms with Crippen molar-refractivity contribution in [3.05, 3.63) is 29.8 Å². The van der Waals surface area contributed by atoms with Crippen molar-refractivity contribution in [3.63, 3.8) is 0 Å². The molecule has 1 aliphatic rings. The first kappa shape index (κ1) is 14.4. The maximum absolute atomic E-state index is 5.74. The second kappa shape index (κ2) is 6.92. The van der Waals surface area contributed by atoms with E-state index < -0.39 is 0 Å². The lowest BCUT2D eigenvalue weighted by Gasteiger charge is -2.25. The molecule has 1 aromatic rings. The van der Waals surface area contributed by atoms with E-state index in [0.717, 1.165) is 18.2 Å². The molecule has 0 heterocycles. The summed E-state index contributed by atoms with van der Waals surface area (Å²) >= 11 is 0. The molecular formula is C16H26N2O. The average molecular weight is 262 g/mol. The molecule has 1 aromatic carbocycles. The average Bonchev–Trinajstić information content (AvgIpc) is 3.21. The van der Waals surface area contributed by atoms with Gasteiger partial charge in [0.15, 0.2) is 0 Å². The van der Waals surface area contributed by atoms with Crippen LogP contribution < -0.4 is 10.1 Å². The molecular weight excluding hydrogens is 236 g/mol. The summed E-state index contributed by atoms with van der Waals surface area (Å²) in [5.41, 5.74) is 1.26. The highest BCUT2D eigenvalue weighted by molar-refractivity contribution is 5.36. The molecule has 0 spiro atoms. The smallest absolute Gasteiger partial charge is 0.124 e. The molecule has 3 heteroatoms. The van der Waals surface area contributed by atoms with Crippen molar-refractivity contribution in [2.75, 3.05) is 33.8 Å². The van der Waals surface area contributed by atoms with E-state index in [1.165, 1.54) is 24.9 Å². The fourth-order valence-corrected chi connectivity index (χ4v) is 2.53. The molecule has 106 valence electrons. The van der Waals surface area contributed by atoms with Crippen LogP contribution in [0.1, 0.15) is 31.4 Å². The normalized spacial score (nSPS) is 16.6. The van der Waals surface area contributed by atoms with Crippen LogP contribution in [-0.2, 0) is 0 Å². The molecule has 1 fully saturated rings. The largest absolute Gasteiger partial charge is 0.494 e. The van der Waals surface area contributed by atoms with Gasteiger partial charge in [0, 0.05) is 24.7 Å². The lowest BCUT2D eigenvalue weighted by Crippen LogP contribution is -2.32. The van der Waals surface area contributed by atoms with E-state index in [-0.39, 0.29) is 0 Å². The standard InChI is InChI=1S/C16H26N2O/c1-4-19-16-8-6-5-7-14(16)15(17-2)12-18(3)11-13-9-10-13/h5-8,13,15,17H,4,9-12H2,1-3H3. The van der Waals surface area contributed by atoms with Gasteiger partial charge in [-0.25, -0.2) is 0 Å². The SMILES string of the molecule is CCOc1ccccc1C(CN(C)CC1CC1)NC. The second-order valence-corrected chi connectivity index (χ2v) is 5.48. The van der Waals surface area contributed by atoms with E-state index in [0.29, 0.717) is 12.6 Å². The molecule has 0 bridgehead atoms. The molecule has 0 amide bonds. The van der Waals surface area contributed by atoms with Crippen molar-refractivity contribution in [2.24, 2.45) is 5.92 Å². The van der Waals surface area contributed by atoms with Crippen LogP contribution in [0.15, 0.2) is 24.3 Å². The zero-order valence-electron chi connectivity index (χ0n) is 12.4. The Balaban J connectivity index is 2.02. The third-order valence-corrected chi connectivity index (χ3v) is 3.70. The summed E-state index contributed by atoms with van der Waals surface area (Å²) in [5, 5.41) is 3.42. The van der Waals surface area contributed by atoms with E-state index in [1.807, 2.05) is 20.0 Å². The molecule has 2 rings (SSSR count). The van der Waals surface area contributed by atoms with Gasteiger partial charge in [-0.2, -0.15) is 0 Å². The Kier molecular flexibility index (Phi) is 5.23. The van der Waals surface area contributed by atoms with E-state index in [4.69, 9.17) is 4.74 Å². The topological polar surface area (TPSA) is 24.5 Å². The Morgan fingerprint density at radius 1 is 1.37 bits per heavy atom. The third kappa shape index (κ3) is 4.22. The van der Waals surface area contributed by atoms with E-state index in [2.05, 4.69) is 35.5 Å². The van der Waals surface area contributed by atoms with Crippen LogP contribution in [0.25, 0.3) is 0 Å². The number of nitrogens with zero attached hydrogens (tertiary/aromatic N) is 1. The van der Waals surface area contributed by atoms with Gasteiger partial charge in [-0.3, -0.25) is 0 Å². The monoisotopic (exact) mass is 262 g/mol. The maximum atomic E-state index is 5.74. The Bertz CT molecular complexity index is 390. The van der Waals surface area contributed by atoms with Gasteiger partial charge in [0.05, 0.1) is 6.61 Å². The highest BCUT2D eigenvalue weighted by atomic mass is 16.5. The van der Waals surface area contributed by atoms with Crippen molar-refractivity contribution in [1.82, 2.24) is 10.2 Å². The summed E-state index contributed by atoms with van der Waals surface area (Å²) in [4.78, 5) is 2.43. The van der Waals surface area contributed by atoms with Gasteiger partial charge < -0.3 is 15.0 Å². The molecule has 3 nitrogen and oxygen atoms in total. The van der Waals surface area contributed by atoms with Crippen LogP contribution in [0.2, 0.25) is 0 Å². The zero-order chi connectivity index (χ0) is 13.7. The number of likely N-dealkylation sites (N-methyl/N-ethyl adjacent to an activating group) is 2. The number of ether oxygens (including phenoxy) is 1. The molecule has 0 aliphatic heterocycles. The highest BCUT2D eigenvalue weighted by Crippen LogP contribution is 2.30. The Morgan fingerprint density at radius 3 is 2.74 bits per heavy atom. The Hall–Kier alpha value is -1.06. The molecule has 1 saturated carbocycles. The van der Waals surface area contributed by atoms with Crippen molar-refractivity contribution in [3.8, 4) is 5.75 Å². The van der Waals surface area contributed by atoms with Crippen LogP contribution in [0.3, 0.4) is 0 Å². The number of para-hydroxylation sites is 1. The molecule has 0 radical (unpaired) electrons. The van der Waals surface area contributed by atoms with Crippen LogP contribution in [0.5, 0.6) is 5.75 Å². The van der Waals surface area contributed by atoms with Gasteiger partial charge >= 0.3 is 0 Å². The van der Waals surface area contributed by atoms with Gasteiger partial charge in [0.2, 0.25) is 0 Å². The van der Waals surface area contributed by atoms with Gasteiger partial charge in [-0.15, -0.1) is 0 Å². The molecule has 1 unspecified atom stereocenters. The molecule has 0 saturated heterocycles. The summed E-state index contributed by atoms with van der Waals surface area (Å²) in [6, 6.07) is 8.67. The van der Waals surface area contributed by atoms with Crippen LogP contribution >= 0.6 is 0 Å². The summed E-state index contributed by atoms with van der Waals surface area (Å²) in [7, 11) is 4.24. The van der Waals surface area contributed by atoms with Gasteiger partial charge in [-0.05, 0) is 45.8 Å². The zero-order valence-corrected chi connectivity index (χ0v) is 12.4. The fourth-order valence-electron chi connectivity index (χ4n) is 2.53. The summed E-state index contributed by atoms with van der Waals surface area (Å²) < 4.78 is 5.74. The molecule has 0 aromatic heterocycles. The first-order chi connectivity index (χ1) is 9.24. The van der Waals surface area contributed by atoms with E-state index >= 15 is 0 Å². The number of hydrogen-bond acceptors (Lipinski definition) is 3. The predicted molar refractivity (Wildman–Crippen MR) is 79.6 cm³/mol. The quantitative estimate of drug-likeness (QED) is 0.779. The van der Waals surface area contributed by atoms with Crippen molar-refractivity contribution < 1.29 is 4.74 Å². The lowest BCUT2D eigenvalue weighted by molar-refractivity contribution is 0.278. The van der Waals surface area contributed by atoms with Gasteiger partial charge in [0.25, 0.3) is 0 Å². The Labute approximate surface area is 116 Å². The minimum absolute atomic E-state index is 0.325. The summed E-state index contributed by atoms with van der Waals surface area (Å²) in [6.45, 7) is 4.99. The number of benzene rings is 1. The first-order valence-corrected chi connectivity index (χ1v) is 7.32. The van der Waals surface area contributed by atoms with Crippen LogP contribution in [0, 0.1) is 5.92 Å². The Morgan fingerprint density at radius 2 is 2.11 bits per heavy atom. The lowest BCUT2D eigenvalue weighted by atomic mass is 10.1. The van der Waals surface area contributed by atoms with Gasteiger partial charge in [0.1, 0.15) is 5.75 Å². The minimum Gasteiger partial charge on any atom is -0.494 e. The predicted octanol–water partition coefficient (Wildman–Crippen LogP) is 2.69. The summed E-state index contributed by atoms with van der Waals surface area (Å²) in [6.07, 6.45) is 2.81. The first-order valence-electron chi connectivity index (χ1n) is 7.32. The maximum Gasteiger partial charge on any atom is 0.124 e. The van der Waals surface area contributed by atoms with Crippen LogP contribution in [0.4, 0.5) is 0 Å². The van der Waals surface area contributed by atoms with Gasteiger partial charge in [-0.1, -0.05) is 18.2 Å². The molecule has 19 heavy (non-hydrogen) atoms. The van der Waals surface area contributed by atoms with E-state index in [9.17, 15) is 0 Å². The number of nitrogens with one attached hydrogen (secondary N) is 1. The summed E-state index contributed by atoms with van der Waals surface area (Å²) in [5.74, 6) is 1.94. The van der Waals surface area contributed by atoms with Crippen molar-refractivity contribution in [1.29, 1.82) is 0 Å². The third-order valence-electron chi connectivity index (χ3n) is 3.70. The second-order valence-electron chi connectivity index (χ2n) is 5.48. The molecule has 1 N–H and O–H groups in total. The highest BCUT2D eigenvalue weighted by Gasteiger charge is 2.24. The molecule has 1 atom stereocenters. The van der Waals surface area contributed by atoms with Crippen LogP contribution in [-0.4, -0.2) is 38.7 Å². The van der Waals surface area contributed by atoms with Crippen molar-refractivity contribution in [2.45, 2.75) is 25.8 Å². The molecule has 1 aliphatic carbocycles.